The molecule has 0 fully saturated rings. The van der Waals surface area contributed by atoms with Gasteiger partial charge in [-0.2, -0.15) is 0 Å². The minimum atomic E-state index is -0.700. The lowest BCUT2D eigenvalue weighted by Crippen LogP contribution is -2.14. The van der Waals surface area contributed by atoms with Crippen LogP contribution < -0.4 is 5.32 Å². The molecule has 1 aromatic rings. The Balaban J connectivity index is 2.57. The van der Waals surface area contributed by atoms with Gasteiger partial charge in [0.2, 0.25) is 0 Å². The van der Waals surface area contributed by atoms with Gasteiger partial charge in [-0.1, -0.05) is 24.8 Å². The molecule has 1 rings (SSSR count). The Hall–Kier alpha value is -1.28. The van der Waals surface area contributed by atoms with Gasteiger partial charge in [0.05, 0.1) is 0 Å². The molecule has 57 valence electrons. The number of nitrogens with one attached hydrogen (secondary N) is 1. The van der Waals surface area contributed by atoms with Crippen LogP contribution in [0.5, 0.6) is 0 Å². The lowest BCUT2D eigenvalue weighted by atomic mass is 10.3. The maximum absolute atomic E-state index is 9.06. The molecule has 2 N–H and O–H groups in total. The van der Waals surface area contributed by atoms with E-state index in [9.17, 15) is 0 Å². The van der Waals surface area contributed by atoms with Crippen LogP contribution in [-0.4, -0.2) is 11.3 Å². The Morgan fingerprint density at radius 2 is 2.45 bits per heavy atom. The highest BCUT2D eigenvalue weighted by Gasteiger charge is 1.94. The number of para-hydroxylation sites is 1. The molecule has 0 bridgehead atoms. The minimum absolute atomic E-state index is 0.700. The van der Waals surface area contributed by atoms with E-state index in [-0.39, 0.29) is 0 Å². The Labute approximate surface area is 66.2 Å². The topological polar surface area (TPSA) is 32.3 Å². The molecular weight excluding hydrogens is 138 g/mol. The van der Waals surface area contributed by atoms with Crippen LogP contribution in [0.3, 0.4) is 0 Å². The van der Waals surface area contributed by atoms with Gasteiger partial charge in [0.25, 0.3) is 0 Å². The van der Waals surface area contributed by atoms with Crippen molar-refractivity contribution in [3.8, 4) is 0 Å². The van der Waals surface area contributed by atoms with E-state index in [1.54, 1.807) is 6.07 Å². The number of hydrogen-bond donors (Lipinski definition) is 2. The first-order valence-corrected chi connectivity index (χ1v) is 3.37. The van der Waals surface area contributed by atoms with Gasteiger partial charge >= 0.3 is 0 Å². The summed E-state index contributed by atoms with van der Waals surface area (Å²) in [5.74, 6) is 0. The molecular formula is C9H10NO. The molecule has 2 nitrogen and oxygen atoms in total. The van der Waals surface area contributed by atoms with Crippen LogP contribution >= 0.6 is 0 Å². The second-order valence-electron chi connectivity index (χ2n) is 2.10. The third kappa shape index (κ3) is 2.43. The standard InChI is InChI=1S/C9H10NO/c1-2-9(11)10-8-6-4-3-5-7-8/h2-6,9-11H,1H2. The second-order valence-corrected chi connectivity index (χ2v) is 2.10. The van der Waals surface area contributed by atoms with Crippen LogP contribution in [0.2, 0.25) is 0 Å². The largest absolute Gasteiger partial charge is 0.370 e. The quantitative estimate of drug-likeness (QED) is 0.501. The minimum Gasteiger partial charge on any atom is -0.370 e. The lowest BCUT2D eigenvalue weighted by molar-refractivity contribution is 0.253. The first kappa shape index (κ1) is 7.82. The average Bonchev–Trinajstić information content (AvgIpc) is 2.06. The summed E-state index contributed by atoms with van der Waals surface area (Å²) in [6.45, 7) is 3.43. The summed E-state index contributed by atoms with van der Waals surface area (Å²) in [5.41, 5.74) is 0.764. The maximum atomic E-state index is 9.06. The van der Waals surface area contributed by atoms with E-state index >= 15 is 0 Å². The van der Waals surface area contributed by atoms with Gasteiger partial charge in [0, 0.05) is 11.8 Å². The predicted octanol–water partition coefficient (Wildman–Crippen LogP) is 1.40. The van der Waals surface area contributed by atoms with Crippen LogP contribution in [0.25, 0.3) is 0 Å². The molecule has 0 aliphatic rings. The van der Waals surface area contributed by atoms with Crippen LogP contribution in [0.4, 0.5) is 5.69 Å². The summed E-state index contributed by atoms with van der Waals surface area (Å²) in [6, 6.07) is 10.3. The molecule has 0 saturated heterocycles. The highest BCUT2D eigenvalue weighted by molar-refractivity contribution is 5.42. The van der Waals surface area contributed by atoms with Crippen LogP contribution in [0, 0.1) is 6.07 Å². The molecule has 0 amide bonds. The van der Waals surface area contributed by atoms with E-state index in [0.717, 1.165) is 5.69 Å². The third-order valence-electron chi connectivity index (χ3n) is 1.24. The van der Waals surface area contributed by atoms with E-state index in [0.29, 0.717) is 0 Å². The Kier molecular flexibility index (Phi) is 2.69. The average molecular weight is 148 g/mol. The monoisotopic (exact) mass is 148 g/mol. The van der Waals surface area contributed by atoms with Gasteiger partial charge in [0.15, 0.2) is 0 Å². The Morgan fingerprint density at radius 1 is 1.64 bits per heavy atom. The number of aliphatic hydroxyl groups excluding tert-OH is 1. The fourth-order valence-corrected chi connectivity index (χ4v) is 0.701. The number of rotatable bonds is 3. The molecule has 2 heteroatoms. The summed E-state index contributed by atoms with van der Waals surface area (Å²) in [4.78, 5) is 0. The molecule has 1 radical (unpaired) electrons. The van der Waals surface area contributed by atoms with E-state index in [4.69, 9.17) is 5.11 Å². The van der Waals surface area contributed by atoms with Crippen molar-refractivity contribution in [2.75, 3.05) is 5.32 Å². The molecule has 11 heavy (non-hydrogen) atoms. The summed E-state index contributed by atoms with van der Waals surface area (Å²) >= 11 is 0. The van der Waals surface area contributed by atoms with Crippen molar-refractivity contribution in [3.63, 3.8) is 0 Å². The molecule has 0 heterocycles. The van der Waals surface area contributed by atoms with Crippen molar-refractivity contribution in [3.05, 3.63) is 43.0 Å². The summed E-state index contributed by atoms with van der Waals surface area (Å²) in [5, 5.41) is 11.8. The zero-order chi connectivity index (χ0) is 8.10. The molecule has 0 saturated carbocycles. The number of benzene rings is 1. The van der Waals surface area contributed by atoms with Crippen LogP contribution in [0.15, 0.2) is 36.9 Å². The Bertz CT molecular complexity index is 220. The Morgan fingerprint density at radius 3 is 3.00 bits per heavy atom. The molecule has 0 aliphatic heterocycles. The van der Waals surface area contributed by atoms with Gasteiger partial charge < -0.3 is 10.4 Å². The van der Waals surface area contributed by atoms with Crippen LogP contribution in [0.1, 0.15) is 0 Å². The first-order chi connectivity index (χ1) is 5.33. The molecule has 1 aromatic carbocycles. The fraction of sp³-hybridized carbons (Fsp3) is 0.111. The van der Waals surface area contributed by atoms with E-state index in [2.05, 4.69) is 18.0 Å². The molecule has 0 aliphatic carbocycles. The van der Waals surface area contributed by atoms with Gasteiger partial charge in [-0.15, -0.1) is 0 Å². The van der Waals surface area contributed by atoms with E-state index in [1.165, 1.54) is 6.08 Å². The molecule has 0 aromatic heterocycles. The van der Waals surface area contributed by atoms with Gasteiger partial charge in [-0.3, -0.25) is 0 Å². The van der Waals surface area contributed by atoms with Crippen molar-refractivity contribution >= 4 is 5.69 Å². The maximum Gasteiger partial charge on any atom is 0.143 e. The molecule has 1 unspecified atom stereocenters. The van der Waals surface area contributed by atoms with Crippen molar-refractivity contribution in [2.45, 2.75) is 6.23 Å². The van der Waals surface area contributed by atoms with Crippen molar-refractivity contribution in [1.82, 2.24) is 0 Å². The van der Waals surface area contributed by atoms with Crippen LogP contribution in [-0.2, 0) is 0 Å². The number of aliphatic hydroxyl groups is 1. The summed E-state index contributed by atoms with van der Waals surface area (Å²) < 4.78 is 0. The van der Waals surface area contributed by atoms with Gasteiger partial charge in [-0.25, -0.2) is 0 Å². The molecule has 0 spiro atoms. The third-order valence-corrected chi connectivity index (χ3v) is 1.24. The van der Waals surface area contributed by atoms with Crippen molar-refractivity contribution < 1.29 is 5.11 Å². The predicted molar refractivity (Wildman–Crippen MR) is 45.1 cm³/mol. The van der Waals surface area contributed by atoms with E-state index in [1.807, 2.05) is 18.2 Å². The molecule has 1 atom stereocenters. The SMILES string of the molecule is C=CC(O)Nc1[c]cccc1. The highest BCUT2D eigenvalue weighted by atomic mass is 16.3. The summed E-state index contributed by atoms with van der Waals surface area (Å²) in [6.07, 6.45) is 0.717. The van der Waals surface area contributed by atoms with Gasteiger partial charge in [-0.05, 0) is 12.1 Å². The highest BCUT2D eigenvalue weighted by Crippen LogP contribution is 2.04. The zero-order valence-corrected chi connectivity index (χ0v) is 6.12. The number of hydrogen-bond acceptors (Lipinski definition) is 2. The van der Waals surface area contributed by atoms with Crippen molar-refractivity contribution in [1.29, 1.82) is 0 Å². The number of anilines is 1. The normalized spacial score (nSPS) is 12.1. The van der Waals surface area contributed by atoms with E-state index < -0.39 is 6.23 Å². The van der Waals surface area contributed by atoms with Gasteiger partial charge in [0.1, 0.15) is 6.23 Å². The fourth-order valence-electron chi connectivity index (χ4n) is 0.701. The summed E-state index contributed by atoms with van der Waals surface area (Å²) in [7, 11) is 0. The zero-order valence-electron chi connectivity index (χ0n) is 6.12. The first-order valence-electron chi connectivity index (χ1n) is 3.37. The smallest absolute Gasteiger partial charge is 0.143 e. The van der Waals surface area contributed by atoms with Crippen molar-refractivity contribution in [2.24, 2.45) is 0 Å². The second kappa shape index (κ2) is 3.78. The lowest BCUT2D eigenvalue weighted by Gasteiger charge is -2.08.